The molecule has 0 aliphatic rings. The third kappa shape index (κ3) is 5.04. The molecule has 7 heteroatoms. The summed E-state index contributed by atoms with van der Waals surface area (Å²) < 4.78 is 27.9. The van der Waals surface area contributed by atoms with Crippen molar-refractivity contribution in [1.82, 2.24) is 5.32 Å². The topological polar surface area (TPSA) is 87.3 Å². The molecule has 0 aliphatic carbocycles. The Labute approximate surface area is 148 Å². The van der Waals surface area contributed by atoms with Gasteiger partial charge in [-0.3, -0.25) is 9.52 Å². The lowest BCUT2D eigenvalue weighted by Crippen LogP contribution is -2.19. The fourth-order valence-corrected chi connectivity index (χ4v) is 3.44. The van der Waals surface area contributed by atoms with Crippen LogP contribution in [-0.2, 0) is 14.8 Å². The largest absolute Gasteiger partial charge is 0.326 e. The van der Waals surface area contributed by atoms with E-state index >= 15 is 0 Å². The van der Waals surface area contributed by atoms with Crippen LogP contribution in [0.25, 0.3) is 0 Å². The second-order valence-corrected chi connectivity index (χ2v) is 7.46. The summed E-state index contributed by atoms with van der Waals surface area (Å²) >= 11 is 0. The molecule has 1 amide bonds. The molecule has 0 saturated carbocycles. The minimum Gasteiger partial charge on any atom is -0.326 e. The van der Waals surface area contributed by atoms with Crippen molar-refractivity contribution in [3.05, 3.63) is 53.6 Å². The summed E-state index contributed by atoms with van der Waals surface area (Å²) in [6.45, 7) is 4.35. The predicted molar refractivity (Wildman–Crippen MR) is 100 cm³/mol. The standard InChI is InChI=1S/C18H23N3O3S/c1-13-6-4-9-17(14(13)2)21-25(23,24)16-8-5-7-15(12-16)20-18(22)10-11-19-3/h4-9,12,19,21H,10-11H2,1-3H3,(H,20,22). The Morgan fingerprint density at radius 1 is 1.08 bits per heavy atom. The van der Waals surface area contributed by atoms with Crippen LogP contribution in [0.1, 0.15) is 17.5 Å². The van der Waals surface area contributed by atoms with Crippen molar-refractivity contribution in [3.8, 4) is 0 Å². The normalized spacial score (nSPS) is 11.2. The Hall–Kier alpha value is -2.38. The third-order valence-corrected chi connectivity index (χ3v) is 5.24. The van der Waals surface area contributed by atoms with E-state index in [4.69, 9.17) is 0 Å². The van der Waals surface area contributed by atoms with Crippen LogP contribution in [0.5, 0.6) is 0 Å². The average Bonchev–Trinajstić information content (AvgIpc) is 2.57. The van der Waals surface area contributed by atoms with E-state index in [1.807, 2.05) is 19.9 Å². The van der Waals surface area contributed by atoms with E-state index in [1.165, 1.54) is 12.1 Å². The molecule has 0 heterocycles. The zero-order valence-corrected chi connectivity index (χ0v) is 15.4. The zero-order valence-electron chi connectivity index (χ0n) is 14.6. The van der Waals surface area contributed by atoms with Crippen LogP contribution in [0.4, 0.5) is 11.4 Å². The number of hydrogen-bond donors (Lipinski definition) is 3. The minimum absolute atomic E-state index is 0.0971. The van der Waals surface area contributed by atoms with Gasteiger partial charge in [0.25, 0.3) is 10.0 Å². The van der Waals surface area contributed by atoms with Crippen molar-refractivity contribution in [1.29, 1.82) is 0 Å². The number of carbonyl (C=O) groups is 1. The molecule has 0 atom stereocenters. The van der Waals surface area contributed by atoms with E-state index in [9.17, 15) is 13.2 Å². The summed E-state index contributed by atoms with van der Waals surface area (Å²) in [5.41, 5.74) is 2.88. The number of nitrogens with one attached hydrogen (secondary N) is 3. The molecule has 2 rings (SSSR count). The molecule has 0 fully saturated rings. The van der Waals surface area contributed by atoms with Crippen LogP contribution in [-0.4, -0.2) is 27.9 Å². The van der Waals surface area contributed by atoms with Gasteiger partial charge in [-0.15, -0.1) is 0 Å². The van der Waals surface area contributed by atoms with Crippen LogP contribution in [0.3, 0.4) is 0 Å². The molecule has 0 radical (unpaired) electrons. The van der Waals surface area contributed by atoms with Crippen molar-refractivity contribution in [2.45, 2.75) is 25.2 Å². The lowest BCUT2D eigenvalue weighted by atomic mass is 10.1. The molecule has 0 aliphatic heterocycles. The van der Waals surface area contributed by atoms with E-state index in [0.717, 1.165) is 11.1 Å². The Kier molecular flexibility index (Phi) is 6.17. The van der Waals surface area contributed by atoms with Crippen LogP contribution in [0.2, 0.25) is 0 Å². The molecule has 0 saturated heterocycles. The average molecular weight is 361 g/mol. The van der Waals surface area contributed by atoms with Crippen molar-refractivity contribution in [3.63, 3.8) is 0 Å². The van der Waals surface area contributed by atoms with Gasteiger partial charge in [0.15, 0.2) is 0 Å². The molecule has 0 aromatic heterocycles. The van der Waals surface area contributed by atoms with Crippen molar-refractivity contribution >= 4 is 27.3 Å². The molecule has 0 unspecified atom stereocenters. The monoisotopic (exact) mass is 361 g/mol. The zero-order chi connectivity index (χ0) is 18.4. The molecule has 3 N–H and O–H groups in total. The van der Waals surface area contributed by atoms with Gasteiger partial charge < -0.3 is 10.6 Å². The number of rotatable bonds is 7. The van der Waals surface area contributed by atoms with Gasteiger partial charge in [0.2, 0.25) is 5.91 Å². The second-order valence-electron chi connectivity index (χ2n) is 5.78. The van der Waals surface area contributed by atoms with Crippen LogP contribution in [0, 0.1) is 13.8 Å². The number of carbonyl (C=O) groups excluding carboxylic acids is 1. The van der Waals surface area contributed by atoms with Crippen molar-refractivity contribution in [2.75, 3.05) is 23.6 Å². The van der Waals surface area contributed by atoms with Gasteiger partial charge in [-0.05, 0) is 56.3 Å². The van der Waals surface area contributed by atoms with Crippen molar-refractivity contribution < 1.29 is 13.2 Å². The highest BCUT2D eigenvalue weighted by atomic mass is 32.2. The van der Waals surface area contributed by atoms with E-state index < -0.39 is 10.0 Å². The summed E-state index contributed by atoms with van der Waals surface area (Å²) in [5.74, 6) is -0.175. The van der Waals surface area contributed by atoms with Crippen LogP contribution < -0.4 is 15.4 Å². The molecule has 0 spiro atoms. The maximum Gasteiger partial charge on any atom is 0.261 e. The van der Waals surface area contributed by atoms with E-state index in [-0.39, 0.29) is 10.8 Å². The molecular formula is C18H23N3O3S. The Morgan fingerprint density at radius 2 is 1.80 bits per heavy atom. The highest BCUT2D eigenvalue weighted by Crippen LogP contribution is 2.23. The fraction of sp³-hybridized carbons (Fsp3) is 0.278. The number of anilines is 2. The molecule has 2 aromatic rings. The van der Waals surface area contributed by atoms with E-state index in [0.29, 0.717) is 24.3 Å². The number of hydrogen-bond acceptors (Lipinski definition) is 4. The first-order chi connectivity index (χ1) is 11.8. The minimum atomic E-state index is -3.74. The van der Waals surface area contributed by atoms with Gasteiger partial charge >= 0.3 is 0 Å². The first-order valence-corrected chi connectivity index (χ1v) is 9.45. The highest BCUT2D eigenvalue weighted by Gasteiger charge is 2.16. The Morgan fingerprint density at radius 3 is 2.52 bits per heavy atom. The molecule has 2 aromatic carbocycles. The quantitative estimate of drug-likeness (QED) is 0.707. The van der Waals surface area contributed by atoms with Gasteiger partial charge in [-0.25, -0.2) is 8.42 Å². The number of aryl methyl sites for hydroxylation is 1. The van der Waals surface area contributed by atoms with Gasteiger partial charge in [0.05, 0.1) is 10.6 Å². The lowest BCUT2D eigenvalue weighted by molar-refractivity contribution is -0.116. The van der Waals surface area contributed by atoms with Gasteiger partial charge in [0.1, 0.15) is 0 Å². The molecular weight excluding hydrogens is 338 g/mol. The Bertz CT molecular complexity index is 864. The highest BCUT2D eigenvalue weighted by molar-refractivity contribution is 7.92. The number of amides is 1. The summed E-state index contributed by atoms with van der Waals surface area (Å²) in [6.07, 6.45) is 0.314. The SMILES string of the molecule is CNCCC(=O)Nc1cccc(S(=O)(=O)Nc2cccc(C)c2C)c1. The molecule has 25 heavy (non-hydrogen) atoms. The number of benzene rings is 2. The fourth-order valence-electron chi connectivity index (χ4n) is 2.27. The summed E-state index contributed by atoms with van der Waals surface area (Å²) in [4.78, 5) is 11.9. The predicted octanol–water partition coefficient (Wildman–Crippen LogP) is 2.65. The smallest absolute Gasteiger partial charge is 0.261 e. The first kappa shape index (κ1) is 19.0. The summed E-state index contributed by atoms with van der Waals surface area (Å²) in [5, 5.41) is 5.59. The van der Waals surface area contributed by atoms with Crippen LogP contribution >= 0.6 is 0 Å². The summed E-state index contributed by atoms with van der Waals surface area (Å²) in [7, 11) is -1.98. The third-order valence-electron chi connectivity index (χ3n) is 3.88. The van der Waals surface area contributed by atoms with E-state index in [2.05, 4.69) is 15.4 Å². The second kappa shape index (κ2) is 8.13. The van der Waals surface area contributed by atoms with Crippen molar-refractivity contribution in [2.24, 2.45) is 0 Å². The lowest BCUT2D eigenvalue weighted by Gasteiger charge is -2.13. The maximum absolute atomic E-state index is 12.6. The van der Waals surface area contributed by atoms with E-state index in [1.54, 1.807) is 31.3 Å². The first-order valence-electron chi connectivity index (χ1n) is 7.97. The molecule has 134 valence electrons. The molecule has 0 bridgehead atoms. The maximum atomic E-state index is 12.6. The van der Waals surface area contributed by atoms with Gasteiger partial charge in [-0.1, -0.05) is 18.2 Å². The van der Waals surface area contributed by atoms with Crippen LogP contribution in [0.15, 0.2) is 47.4 Å². The summed E-state index contributed by atoms with van der Waals surface area (Å²) in [6, 6.07) is 11.7. The van der Waals surface area contributed by atoms with Gasteiger partial charge in [0, 0.05) is 18.7 Å². The van der Waals surface area contributed by atoms with Gasteiger partial charge in [-0.2, -0.15) is 0 Å². The number of sulfonamides is 1. The molecule has 6 nitrogen and oxygen atoms in total. The Balaban J connectivity index is 2.21.